The van der Waals surface area contributed by atoms with Crippen LogP contribution in [0.2, 0.25) is 10.0 Å². The Labute approximate surface area is 206 Å². The Morgan fingerprint density at radius 2 is 1.97 bits per heavy atom. The largest absolute Gasteiger partial charge is 0.351 e. The first-order valence-electron chi connectivity index (χ1n) is 10.3. The number of rotatable bonds is 6. The summed E-state index contributed by atoms with van der Waals surface area (Å²) in [5, 5.41) is 10.6. The van der Waals surface area contributed by atoms with Crippen molar-refractivity contribution in [2.45, 2.75) is 23.4 Å². The van der Waals surface area contributed by atoms with Gasteiger partial charge in [-0.2, -0.15) is 4.31 Å². The first-order valence-corrected chi connectivity index (χ1v) is 12.5. The van der Waals surface area contributed by atoms with Crippen molar-refractivity contribution in [1.82, 2.24) is 29.4 Å². The third-order valence-corrected chi connectivity index (χ3v) is 8.37. The molecule has 4 rings (SSSR count). The molecule has 1 aliphatic heterocycles. The van der Waals surface area contributed by atoms with Crippen molar-refractivity contribution >= 4 is 39.1 Å². The molecule has 0 atom stereocenters. The van der Waals surface area contributed by atoms with Gasteiger partial charge >= 0.3 is 0 Å². The number of benzene rings is 1. The molecular weight excluding hydrogens is 506 g/mol. The Bertz CT molecular complexity index is 1330. The molecule has 0 saturated carbocycles. The van der Waals surface area contributed by atoms with Crippen molar-refractivity contribution in [2.24, 2.45) is 7.05 Å². The van der Waals surface area contributed by atoms with Gasteiger partial charge in [-0.05, 0) is 43.2 Å². The number of piperidine rings is 1. The number of aryl methyl sites for hydroxylation is 1. The molecule has 2 aromatic heterocycles. The molecule has 0 bridgehead atoms. The second-order valence-corrected chi connectivity index (χ2v) is 10.7. The van der Waals surface area contributed by atoms with Gasteiger partial charge in [-0.25, -0.2) is 12.8 Å². The van der Waals surface area contributed by atoms with E-state index in [0.29, 0.717) is 5.02 Å². The van der Waals surface area contributed by atoms with Crippen molar-refractivity contribution in [3.8, 4) is 0 Å². The number of halogens is 3. The minimum absolute atomic E-state index is 0.0383. The number of hydrogen-bond donors (Lipinski definition) is 1. The van der Waals surface area contributed by atoms with Crippen molar-refractivity contribution in [3.63, 3.8) is 0 Å². The van der Waals surface area contributed by atoms with Crippen LogP contribution in [0.4, 0.5) is 4.39 Å². The predicted octanol–water partition coefficient (Wildman–Crippen LogP) is 2.81. The molecule has 3 heterocycles. The van der Waals surface area contributed by atoms with Gasteiger partial charge in [0.05, 0.1) is 16.3 Å². The maximum Gasteiger partial charge on any atom is 0.278 e. The van der Waals surface area contributed by atoms with E-state index in [2.05, 4.69) is 20.5 Å². The van der Waals surface area contributed by atoms with E-state index >= 15 is 0 Å². The van der Waals surface area contributed by atoms with E-state index in [0.717, 1.165) is 0 Å². The molecule has 1 N–H and O–H groups in total. The highest BCUT2D eigenvalue weighted by atomic mass is 35.5. The van der Waals surface area contributed by atoms with E-state index in [-0.39, 0.29) is 53.9 Å². The van der Waals surface area contributed by atoms with Crippen LogP contribution >= 0.6 is 23.2 Å². The second kappa shape index (κ2) is 9.57. The summed E-state index contributed by atoms with van der Waals surface area (Å²) in [5.41, 5.74) is -0.524. The molecule has 1 saturated heterocycles. The third kappa shape index (κ3) is 4.65. The van der Waals surface area contributed by atoms with E-state index in [4.69, 9.17) is 23.2 Å². The fourth-order valence-corrected chi connectivity index (χ4v) is 6.02. The number of carbonyl (C=O) groups is 1. The van der Waals surface area contributed by atoms with Gasteiger partial charge in [0.1, 0.15) is 12.1 Å². The van der Waals surface area contributed by atoms with Gasteiger partial charge in [-0.3, -0.25) is 9.78 Å². The number of aromatic nitrogens is 4. The van der Waals surface area contributed by atoms with Crippen molar-refractivity contribution in [1.29, 1.82) is 0 Å². The molecule has 9 nitrogen and oxygen atoms in total. The van der Waals surface area contributed by atoms with Gasteiger partial charge in [0.15, 0.2) is 0 Å². The molecular formula is C21H21Cl2FN6O3S. The van der Waals surface area contributed by atoms with E-state index in [1.54, 1.807) is 13.1 Å². The highest BCUT2D eigenvalue weighted by molar-refractivity contribution is 7.89. The van der Waals surface area contributed by atoms with Crippen molar-refractivity contribution < 1.29 is 17.6 Å². The van der Waals surface area contributed by atoms with Crippen LogP contribution in [0.15, 0.2) is 48.0 Å². The summed E-state index contributed by atoms with van der Waals surface area (Å²) in [6.45, 7) is 0.210. The molecule has 0 spiro atoms. The Morgan fingerprint density at radius 1 is 1.24 bits per heavy atom. The summed E-state index contributed by atoms with van der Waals surface area (Å²) in [7, 11) is -2.34. The third-order valence-electron chi connectivity index (χ3n) is 5.94. The topological polar surface area (TPSA) is 110 Å². The Morgan fingerprint density at radius 3 is 2.59 bits per heavy atom. The van der Waals surface area contributed by atoms with E-state index < -0.39 is 27.2 Å². The number of hydrogen-bond acceptors (Lipinski definition) is 6. The molecule has 1 fully saturated rings. The first-order chi connectivity index (χ1) is 16.1. The molecule has 0 aliphatic carbocycles. The lowest BCUT2D eigenvalue weighted by Crippen LogP contribution is -2.51. The molecule has 3 aromatic rings. The van der Waals surface area contributed by atoms with Gasteiger partial charge in [-0.1, -0.05) is 23.2 Å². The normalized spacial score (nSPS) is 16.4. The van der Waals surface area contributed by atoms with Gasteiger partial charge in [0.2, 0.25) is 0 Å². The standard InChI is InChI=1S/C21H21Cl2FN6O3S/c1-29-13-27-28-20(29)34(32,33)30-9-6-21(7-10-30,18-17(24)3-2-8-25-18)12-26-19(31)15-5-4-14(22)11-16(15)23/h2-5,8,11,13H,6-7,9-10,12H2,1H3,(H,26,31). The van der Waals surface area contributed by atoms with Crippen LogP contribution in [-0.4, -0.2) is 58.0 Å². The summed E-state index contributed by atoms with van der Waals surface area (Å²) in [5.74, 6) is -0.975. The number of carbonyl (C=O) groups excluding carboxylic acids is 1. The number of nitrogens with one attached hydrogen (secondary N) is 1. The first kappa shape index (κ1) is 24.5. The number of amides is 1. The highest BCUT2D eigenvalue weighted by Crippen LogP contribution is 2.37. The summed E-state index contributed by atoms with van der Waals surface area (Å²) < 4.78 is 43.5. The molecule has 1 amide bonds. The molecule has 34 heavy (non-hydrogen) atoms. The summed E-state index contributed by atoms with van der Waals surface area (Å²) in [6, 6.07) is 7.29. The number of pyridine rings is 1. The average molecular weight is 527 g/mol. The van der Waals surface area contributed by atoms with E-state index in [9.17, 15) is 17.6 Å². The van der Waals surface area contributed by atoms with Crippen molar-refractivity contribution in [3.05, 3.63) is 70.0 Å². The quantitative estimate of drug-likeness (QED) is 0.528. The second-order valence-electron chi connectivity index (χ2n) is 8.05. The Kier molecular flexibility index (Phi) is 6.90. The summed E-state index contributed by atoms with van der Waals surface area (Å²) in [4.78, 5) is 17.1. The summed E-state index contributed by atoms with van der Waals surface area (Å²) >= 11 is 12.1. The molecule has 13 heteroatoms. The van der Waals surface area contributed by atoms with Crippen LogP contribution in [0.3, 0.4) is 0 Å². The van der Waals surface area contributed by atoms with Gasteiger partial charge in [0, 0.05) is 43.3 Å². The number of sulfonamides is 1. The van der Waals surface area contributed by atoms with E-state index in [1.165, 1.54) is 45.7 Å². The van der Waals surface area contributed by atoms with Crippen LogP contribution in [0, 0.1) is 5.82 Å². The van der Waals surface area contributed by atoms with E-state index in [1.807, 2.05) is 0 Å². The minimum atomic E-state index is -3.88. The van der Waals surface area contributed by atoms with Crippen LogP contribution in [0.25, 0.3) is 0 Å². The van der Waals surface area contributed by atoms with Gasteiger partial charge < -0.3 is 9.88 Å². The van der Waals surface area contributed by atoms with Crippen LogP contribution in [0.5, 0.6) is 0 Å². The number of nitrogens with zero attached hydrogens (tertiary/aromatic N) is 5. The van der Waals surface area contributed by atoms with Crippen LogP contribution in [-0.2, 0) is 22.5 Å². The molecule has 0 radical (unpaired) electrons. The van der Waals surface area contributed by atoms with Crippen LogP contribution in [0.1, 0.15) is 28.9 Å². The molecule has 1 aromatic carbocycles. The Balaban J connectivity index is 1.58. The minimum Gasteiger partial charge on any atom is -0.351 e. The average Bonchev–Trinajstić information content (AvgIpc) is 3.25. The highest BCUT2D eigenvalue weighted by Gasteiger charge is 2.43. The lowest BCUT2D eigenvalue weighted by Gasteiger charge is -2.40. The zero-order chi connectivity index (χ0) is 24.5. The van der Waals surface area contributed by atoms with Gasteiger partial charge in [-0.15, -0.1) is 10.2 Å². The summed E-state index contributed by atoms with van der Waals surface area (Å²) in [6.07, 6.45) is 3.24. The monoisotopic (exact) mass is 526 g/mol. The zero-order valence-corrected chi connectivity index (χ0v) is 20.4. The fraction of sp³-hybridized carbons (Fsp3) is 0.333. The smallest absolute Gasteiger partial charge is 0.278 e. The lowest BCUT2D eigenvalue weighted by molar-refractivity contribution is 0.0931. The SMILES string of the molecule is Cn1cnnc1S(=O)(=O)N1CCC(CNC(=O)c2ccc(Cl)cc2Cl)(c2ncccc2F)CC1. The van der Waals surface area contributed by atoms with Gasteiger partial charge in [0.25, 0.3) is 21.1 Å². The lowest BCUT2D eigenvalue weighted by atomic mass is 9.75. The van der Waals surface area contributed by atoms with Crippen molar-refractivity contribution in [2.75, 3.05) is 19.6 Å². The fourth-order valence-electron chi connectivity index (χ4n) is 4.07. The zero-order valence-electron chi connectivity index (χ0n) is 18.1. The van der Waals surface area contributed by atoms with Crippen LogP contribution < -0.4 is 5.32 Å². The maximum absolute atomic E-state index is 14.8. The predicted molar refractivity (Wildman–Crippen MR) is 124 cm³/mol. The Hall–Kier alpha value is -2.60. The maximum atomic E-state index is 14.8. The molecule has 1 aliphatic rings. The molecule has 0 unspecified atom stereocenters. The molecule has 180 valence electrons.